The summed E-state index contributed by atoms with van der Waals surface area (Å²) in [5.74, 6) is 0. The maximum absolute atomic E-state index is 5.00. The maximum atomic E-state index is 5.00. The van der Waals surface area contributed by atoms with E-state index < -0.39 is 18.2 Å². The van der Waals surface area contributed by atoms with Crippen LogP contribution in [0.2, 0.25) is 0 Å². The first-order valence-corrected chi connectivity index (χ1v) is 15.8. The number of hydrogen-bond acceptors (Lipinski definition) is 0. The molecule has 1 aliphatic carbocycles. The van der Waals surface area contributed by atoms with Gasteiger partial charge in [-0.2, -0.15) is 18.2 Å². The van der Waals surface area contributed by atoms with Gasteiger partial charge in [-0.3, -0.25) is 0 Å². The van der Waals surface area contributed by atoms with E-state index in [1.165, 1.54) is 25.8 Å². The van der Waals surface area contributed by atoms with E-state index in [4.69, 9.17) is 25.5 Å². The summed E-state index contributed by atoms with van der Waals surface area (Å²) in [5, 5.41) is 0. The molecule has 2 aromatic rings. The topological polar surface area (TPSA) is 0 Å². The van der Waals surface area contributed by atoms with Gasteiger partial charge in [-0.05, 0) is 6.42 Å². The zero-order valence-electron chi connectivity index (χ0n) is 9.18. The average Bonchev–Trinajstić information content (AvgIpc) is 2.65. The molecule has 0 saturated heterocycles. The van der Waals surface area contributed by atoms with Crippen molar-refractivity contribution in [3.8, 4) is 11.1 Å². The molecule has 0 bridgehead atoms. The molecule has 3 rings (SSSR count). The molecule has 1 aliphatic rings. The Labute approximate surface area is 139 Å². The molecule has 0 heterocycles. The van der Waals surface area contributed by atoms with Crippen molar-refractivity contribution in [2.75, 3.05) is 0 Å². The Bertz CT molecular complexity index is 555. The molecule has 0 fully saturated rings. The van der Waals surface area contributed by atoms with Crippen molar-refractivity contribution in [1.29, 1.82) is 0 Å². The zero-order valence-corrected chi connectivity index (χ0v) is 16.1. The van der Waals surface area contributed by atoms with E-state index in [0.29, 0.717) is 0 Å². The molecule has 5 heteroatoms. The number of hydrogen-bond donors (Lipinski definition) is 0. The molecule has 0 unspecified atom stereocenters. The van der Waals surface area contributed by atoms with Crippen LogP contribution >= 0.6 is 48.1 Å². The van der Waals surface area contributed by atoms with Crippen LogP contribution < -0.4 is 0 Å². The summed E-state index contributed by atoms with van der Waals surface area (Å²) >= 11 is 0.190. The molecule has 0 atom stereocenters. The molecule has 0 radical (unpaired) electrons. The Hall–Kier alpha value is 0.923. The van der Waals surface area contributed by atoms with Gasteiger partial charge in [-0.1, -0.05) is 61.6 Å². The first-order valence-electron chi connectivity index (χ1n) is 5.20. The van der Waals surface area contributed by atoms with Gasteiger partial charge in [0.25, 0.3) is 0 Å². The quantitative estimate of drug-likeness (QED) is 0.280. The van der Waals surface area contributed by atoms with Crippen LogP contribution in [0.5, 0.6) is 0 Å². The number of fused-ring (bicyclic) bond motifs is 3. The predicted octanol–water partition coefficient (Wildman–Crippen LogP) is 5.73. The van der Waals surface area contributed by atoms with Gasteiger partial charge in [-0.25, -0.2) is 0 Å². The third-order valence-electron chi connectivity index (χ3n) is 2.67. The average molecular weight is 489 g/mol. The SMILES string of the molecule is Ic1[c-]c2c(cc1)-c1ccccc1C2.[Cl][Zr]([Cl])[Cl]. The van der Waals surface area contributed by atoms with E-state index in [9.17, 15) is 0 Å². The van der Waals surface area contributed by atoms with Gasteiger partial charge in [0.05, 0.1) is 0 Å². The zero-order chi connectivity index (χ0) is 13.1. The first kappa shape index (κ1) is 15.3. The monoisotopic (exact) mass is 486 g/mol. The molecule has 0 saturated carbocycles. The minimum atomic E-state index is -2.13. The van der Waals surface area contributed by atoms with E-state index in [-0.39, 0.29) is 0 Å². The standard InChI is InChI=1S/C13H8I.3ClH.Zr/c14-11-5-6-13-10(8-11)7-9-3-1-2-4-12(9)13;;;;/h1-6H,7H2;3*1H;/q-1;;;;+3/p-3. The Balaban J connectivity index is 0.000000267. The van der Waals surface area contributed by atoms with Crippen LogP contribution in [-0.4, -0.2) is 0 Å². The summed E-state index contributed by atoms with van der Waals surface area (Å²) < 4.78 is 1.20. The van der Waals surface area contributed by atoms with E-state index >= 15 is 0 Å². The van der Waals surface area contributed by atoms with Gasteiger partial charge < -0.3 is 0 Å². The fourth-order valence-electron chi connectivity index (χ4n) is 2.03. The van der Waals surface area contributed by atoms with Gasteiger partial charge in [0.15, 0.2) is 0 Å². The molecular weight excluding hydrogens is 481 g/mol. The molecular formula is C13H8Cl3IZr-. The van der Waals surface area contributed by atoms with Crippen LogP contribution in [0.25, 0.3) is 11.1 Å². The van der Waals surface area contributed by atoms with Crippen LogP contribution in [0.3, 0.4) is 0 Å². The third kappa shape index (κ3) is 3.96. The molecule has 0 aromatic heterocycles. The molecule has 0 N–H and O–H groups in total. The van der Waals surface area contributed by atoms with E-state index in [2.05, 4.69) is 65.1 Å². The Kier molecular flexibility index (Phi) is 6.02. The van der Waals surface area contributed by atoms with Crippen molar-refractivity contribution < 1.29 is 18.2 Å². The van der Waals surface area contributed by atoms with Crippen LogP contribution in [0.15, 0.2) is 36.4 Å². The Morgan fingerprint density at radius 3 is 2.39 bits per heavy atom. The van der Waals surface area contributed by atoms with Gasteiger partial charge in [0, 0.05) is 0 Å². The summed E-state index contributed by atoms with van der Waals surface area (Å²) in [5.41, 5.74) is 5.52. The summed E-state index contributed by atoms with van der Waals surface area (Å²) in [6, 6.07) is 16.4. The van der Waals surface area contributed by atoms with E-state index in [0.717, 1.165) is 6.42 Å². The molecule has 0 nitrogen and oxygen atoms in total. The second kappa shape index (κ2) is 7.08. The van der Waals surface area contributed by atoms with Crippen LogP contribution in [0.1, 0.15) is 11.1 Å². The van der Waals surface area contributed by atoms with Crippen molar-refractivity contribution >= 4 is 48.1 Å². The molecule has 18 heavy (non-hydrogen) atoms. The van der Waals surface area contributed by atoms with Crippen LogP contribution in [-0.2, 0) is 24.6 Å². The second-order valence-corrected chi connectivity index (χ2v) is 16.1. The van der Waals surface area contributed by atoms with Crippen molar-refractivity contribution in [3.63, 3.8) is 0 Å². The van der Waals surface area contributed by atoms with Gasteiger partial charge in [0.1, 0.15) is 0 Å². The van der Waals surface area contributed by atoms with Crippen molar-refractivity contribution in [1.82, 2.24) is 0 Å². The Morgan fingerprint density at radius 1 is 1.00 bits per heavy atom. The summed E-state index contributed by atoms with van der Waals surface area (Å²) in [7, 11) is 15.0. The van der Waals surface area contributed by atoms with Gasteiger partial charge >= 0.3 is 43.7 Å². The normalized spacial score (nSPS) is 11.1. The van der Waals surface area contributed by atoms with E-state index in [1.54, 1.807) is 0 Å². The van der Waals surface area contributed by atoms with Crippen molar-refractivity contribution in [2.24, 2.45) is 0 Å². The second-order valence-electron chi connectivity index (χ2n) is 3.75. The minimum absolute atomic E-state index is 1.04. The molecule has 0 spiro atoms. The number of halogens is 4. The fourth-order valence-corrected chi connectivity index (χ4v) is 2.53. The summed E-state index contributed by atoms with van der Waals surface area (Å²) in [4.78, 5) is 0. The first-order chi connectivity index (χ1) is 8.58. The fraction of sp³-hybridized carbons (Fsp3) is 0.0769. The van der Waals surface area contributed by atoms with Crippen molar-refractivity contribution in [3.05, 3.63) is 57.2 Å². The van der Waals surface area contributed by atoms with Gasteiger partial charge in [0.2, 0.25) is 0 Å². The Morgan fingerprint density at radius 2 is 1.67 bits per heavy atom. The van der Waals surface area contributed by atoms with Crippen molar-refractivity contribution in [2.45, 2.75) is 6.42 Å². The van der Waals surface area contributed by atoms with E-state index in [1.807, 2.05) is 0 Å². The summed E-state index contributed by atoms with van der Waals surface area (Å²) in [6.45, 7) is 0. The predicted molar refractivity (Wildman–Crippen MR) is 83.8 cm³/mol. The number of benzene rings is 2. The molecule has 2 aromatic carbocycles. The number of rotatable bonds is 0. The van der Waals surface area contributed by atoms with Crippen LogP contribution in [0.4, 0.5) is 0 Å². The molecule has 0 aliphatic heterocycles. The summed E-state index contributed by atoms with van der Waals surface area (Å²) in [6.07, 6.45) is 1.04. The molecule has 0 amide bonds. The molecule has 93 valence electrons. The van der Waals surface area contributed by atoms with Crippen LogP contribution in [0, 0.1) is 9.64 Å². The third-order valence-corrected chi connectivity index (χ3v) is 3.30. The van der Waals surface area contributed by atoms with Gasteiger partial charge in [-0.15, -0.1) is 11.1 Å².